The maximum atomic E-state index is 12.9. The number of nitrogens with zero attached hydrogens (tertiary/aromatic N) is 2. The standard InChI is InChI=1S/C17H25N3O4S/c1-13-12-18-7-10-20(13)17(21)14-5-6-15(24-2)16(11-14)25(22,23)19-8-3-4-9-19/h5-6,11,13,18H,3-4,7-10,12H2,1-2H3/t13-/m1/s1. The van der Waals surface area contributed by atoms with Crippen LogP contribution in [-0.4, -0.2) is 69.4 Å². The molecule has 0 unspecified atom stereocenters. The Bertz CT molecular complexity index is 744. The molecule has 25 heavy (non-hydrogen) atoms. The maximum Gasteiger partial charge on any atom is 0.254 e. The second-order valence-corrected chi connectivity index (χ2v) is 8.43. The van der Waals surface area contributed by atoms with Crippen molar-refractivity contribution in [1.82, 2.24) is 14.5 Å². The molecule has 1 amide bonds. The first-order valence-corrected chi connectivity index (χ1v) is 10.1. The minimum atomic E-state index is -3.66. The minimum Gasteiger partial charge on any atom is -0.495 e. The van der Waals surface area contributed by atoms with Gasteiger partial charge in [0.05, 0.1) is 7.11 Å². The smallest absolute Gasteiger partial charge is 0.254 e. The molecule has 0 radical (unpaired) electrons. The van der Waals surface area contributed by atoms with Gasteiger partial charge in [0, 0.05) is 44.3 Å². The summed E-state index contributed by atoms with van der Waals surface area (Å²) in [5.41, 5.74) is 0.382. The van der Waals surface area contributed by atoms with Gasteiger partial charge >= 0.3 is 0 Å². The van der Waals surface area contributed by atoms with Crippen LogP contribution in [0.25, 0.3) is 0 Å². The lowest BCUT2D eigenvalue weighted by atomic mass is 10.1. The molecule has 1 atom stereocenters. The lowest BCUT2D eigenvalue weighted by Crippen LogP contribution is -2.52. The third-order valence-corrected chi connectivity index (χ3v) is 6.78. The van der Waals surface area contributed by atoms with Crippen molar-refractivity contribution < 1.29 is 17.9 Å². The van der Waals surface area contributed by atoms with Gasteiger partial charge in [0.25, 0.3) is 5.91 Å². The van der Waals surface area contributed by atoms with E-state index < -0.39 is 10.0 Å². The summed E-state index contributed by atoms with van der Waals surface area (Å²) in [7, 11) is -2.21. The van der Waals surface area contributed by atoms with Crippen LogP contribution in [0, 0.1) is 0 Å². The van der Waals surface area contributed by atoms with Gasteiger partial charge in [-0.05, 0) is 38.0 Å². The Balaban J connectivity index is 1.96. The second-order valence-electron chi connectivity index (χ2n) is 6.53. The van der Waals surface area contributed by atoms with Crippen molar-refractivity contribution in [2.24, 2.45) is 0 Å². The van der Waals surface area contributed by atoms with Crippen molar-refractivity contribution in [2.75, 3.05) is 39.8 Å². The molecular weight excluding hydrogens is 342 g/mol. The zero-order valence-corrected chi connectivity index (χ0v) is 15.5. The highest BCUT2D eigenvalue weighted by Crippen LogP contribution is 2.30. The highest BCUT2D eigenvalue weighted by Gasteiger charge is 2.32. The molecule has 7 nitrogen and oxygen atoms in total. The van der Waals surface area contributed by atoms with Crippen LogP contribution in [0.3, 0.4) is 0 Å². The maximum absolute atomic E-state index is 12.9. The fourth-order valence-electron chi connectivity index (χ4n) is 3.39. The average Bonchev–Trinajstić information content (AvgIpc) is 3.16. The van der Waals surface area contributed by atoms with Crippen LogP contribution in [0.5, 0.6) is 5.75 Å². The number of nitrogens with one attached hydrogen (secondary N) is 1. The number of carbonyl (C=O) groups excluding carboxylic acids is 1. The molecule has 138 valence electrons. The number of amides is 1. The van der Waals surface area contributed by atoms with Crippen molar-refractivity contribution in [3.63, 3.8) is 0 Å². The van der Waals surface area contributed by atoms with E-state index in [0.717, 1.165) is 25.9 Å². The Morgan fingerprint density at radius 3 is 2.60 bits per heavy atom. The molecule has 1 aromatic rings. The summed E-state index contributed by atoms with van der Waals surface area (Å²) in [6.07, 6.45) is 1.72. The summed E-state index contributed by atoms with van der Waals surface area (Å²) in [4.78, 5) is 14.7. The van der Waals surface area contributed by atoms with Gasteiger partial charge in [-0.1, -0.05) is 0 Å². The van der Waals surface area contributed by atoms with Crippen LogP contribution in [0.15, 0.2) is 23.1 Å². The molecular formula is C17H25N3O4S. The second kappa shape index (κ2) is 7.31. The number of hydrogen-bond donors (Lipinski definition) is 1. The van der Waals surface area contributed by atoms with Gasteiger partial charge < -0.3 is 15.0 Å². The van der Waals surface area contributed by atoms with E-state index in [2.05, 4.69) is 5.32 Å². The van der Waals surface area contributed by atoms with Crippen molar-refractivity contribution >= 4 is 15.9 Å². The lowest BCUT2D eigenvalue weighted by Gasteiger charge is -2.34. The number of piperazine rings is 1. The molecule has 2 aliphatic heterocycles. The quantitative estimate of drug-likeness (QED) is 0.856. The molecule has 2 aliphatic rings. The zero-order chi connectivity index (χ0) is 18.0. The molecule has 2 fully saturated rings. The van der Waals surface area contributed by atoms with Gasteiger partial charge in [-0.25, -0.2) is 8.42 Å². The summed E-state index contributed by atoms with van der Waals surface area (Å²) in [6.45, 7) is 5.10. The first-order valence-electron chi connectivity index (χ1n) is 8.65. The number of hydrogen-bond acceptors (Lipinski definition) is 5. The highest BCUT2D eigenvalue weighted by molar-refractivity contribution is 7.89. The van der Waals surface area contributed by atoms with E-state index in [1.807, 2.05) is 6.92 Å². The number of carbonyl (C=O) groups is 1. The van der Waals surface area contributed by atoms with Crippen molar-refractivity contribution in [3.8, 4) is 5.75 Å². The summed E-state index contributed by atoms with van der Waals surface area (Å²) in [5, 5.41) is 3.25. The first-order chi connectivity index (χ1) is 11.9. The van der Waals surface area contributed by atoms with Gasteiger partial charge in [0.1, 0.15) is 10.6 Å². The van der Waals surface area contributed by atoms with E-state index in [-0.39, 0.29) is 22.6 Å². The summed E-state index contributed by atoms with van der Waals surface area (Å²) < 4.78 is 32.6. The van der Waals surface area contributed by atoms with Gasteiger partial charge in [-0.3, -0.25) is 4.79 Å². The third-order valence-electron chi connectivity index (χ3n) is 4.86. The molecule has 0 spiro atoms. The van der Waals surface area contributed by atoms with Crippen LogP contribution >= 0.6 is 0 Å². The van der Waals surface area contributed by atoms with Crippen LogP contribution in [0.1, 0.15) is 30.1 Å². The van der Waals surface area contributed by atoms with Gasteiger partial charge in [-0.15, -0.1) is 0 Å². The van der Waals surface area contributed by atoms with Crippen LogP contribution in [-0.2, 0) is 10.0 Å². The van der Waals surface area contributed by atoms with E-state index in [4.69, 9.17) is 4.74 Å². The van der Waals surface area contributed by atoms with E-state index in [1.165, 1.54) is 17.5 Å². The predicted molar refractivity (Wildman–Crippen MR) is 94.4 cm³/mol. The Kier molecular flexibility index (Phi) is 5.31. The summed E-state index contributed by atoms with van der Waals surface area (Å²) >= 11 is 0. The molecule has 8 heteroatoms. The average molecular weight is 367 g/mol. The summed E-state index contributed by atoms with van der Waals surface area (Å²) in [6, 6.07) is 4.74. The van der Waals surface area contributed by atoms with Crippen LogP contribution in [0.2, 0.25) is 0 Å². The molecule has 3 rings (SSSR count). The number of benzene rings is 1. The topological polar surface area (TPSA) is 79.0 Å². The summed E-state index contributed by atoms with van der Waals surface area (Å²) in [5.74, 6) is 0.131. The molecule has 0 aliphatic carbocycles. The number of ether oxygens (including phenoxy) is 1. The minimum absolute atomic E-state index is 0.0713. The Morgan fingerprint density at radius 1 is 1.24 bits per heavy atom. The molecule has 2 heterocycles. The van der Waals surface area contributed by atoms with Crippen molar-refractivity contribution in [1.29, 1.82) is 0 Å². The monoisotopic (exact) mass is 367 g/mol. The predicted octanol–water partition coefficient (Wildman–Crippen LogP) is 0.914. The fourth-order valence-corrected chi connectivity index (χ4v) is 5.09. The zero-order valence-electron chi connectivity index (χ0n) is 14.7. The SMILES string of the molecule is COc1ccc(C(=O)N2CCNC[C@H]2C)cc1S(=O)(=O)N1CCCC1. The van der Waals surface area contributed by atoms with Gasteiger partial charge in [-0.2, -0.15) is 4.31 Å². The van der Waals surface area contributed by atoms with Gasteiger partial charge in [0.15, 0.2) is 0 Å². The van der Waals surface area contributed by atoms with Crippen LogP contribution in [0.4, 0.5) is 0 Å². The molecule has 0 saturated carbocycles. The molecule has 0 aromatic heterocycles. The van der Waals surface area contributed by atoms with Crippen molar-refractivity contribution in [3.05, 3.63) is 23.8 Å². The van der Waals surface area contributed by atoms with E-state index in [1.54, 1.807) is 17.0 Å². The van der Waals surface area contributed by atoms with E-state index in [0.29, 0.717) is 25.2 Å². The van der Waals surface area contributed by atoms with Crippen molar-refractivity contribution in [2.45, 2.75) is 30.7 Å². The number of rotatable bonds is 4. The Hall–Kier alpha value is -1.64. The largest absolute Gasteiger partial charge is 0.495 e. The molecule has 1 N–H and O–H groups in total. The van der Waals surface area contributed by atoms with E-state index in [9.17, 15) is 13.2 Å². The normalized spacial score (nSPS) is 22.2. The number of methoxy groups -OCH3 is 1. The third kappa shape index (κ3) is 3.51. The molecule has 2 saturated heterocycles. The number of sulfonamides is 1. The molecule has 1 aromatic carbocycles. The van der Waals surface area contributed by atoms with E-state index >= 15 is 0 Å². The first kappa shape index (κ1) is 18.2. The van der Waals surface area contributed by atoms with Crippen LogP contribution < -0.4 is 10.1 Å². The van der Waals surface area contributed by atoms with Gasteiger partial charge in [0.2, 0.25) is 10.0 Å². The molecule has 0 bridgehead atoms. The Labute approximate surface area is 149 Å². The fraction of sp³-hybridized carbons (Fsp3) is 0.588. The Morgan fingerprint density at radius 2 is 1.96 bits per heavy atom. The highest BCUT2D eigenvalue weighted by atomic mass is 32.2. The lowest BCUT2D eigenvalue weighted by molar-refractivity contribution is 0.0655.